The smallest absolute Gasteiger partial charge is 0.165 e. The van der Waals surface area contributed by atoms with Gasteiger partial charge in [-0.05, 0) is 63.0 Å². The van der Waals surface area contributed by atoms with E-state index >= 15 is 0 Å². The number of anilines is 1. The highest BCUT2D eigenvalue weighted by atomic mass is 16.5. The number of rotatable bonds is 2. The van der Waals surface area contributed by atoms with E-state index in [-0.39, 0.29) is 23.9 Å². The number of piperidine rings is 1. The summed E-state index contributed by atoms with van der Waals surface area (Å²) >= 11 is 0. The minimum atomic E-state index is -0.829. The molecule has 5 nitrogen and oxygen atoms in total. The standard InChI is InChI=1S/C24H28N2O3/c1-25-13-12-23-20-15-8-9-18(27)21(20)29-22(23)17(10-11-24(23,28)19(25)14-15)26(2)16-6-4-3-5-7-16/h3-9,17,19,22,27-28H,10-14H2,1-2H3/t17?,19-,22+,23+,24-/m1/s1. The van der Waals surface area contributed by atoms with Gasteiger partial charge in [0.2, 0.25) is 0 Å². The average Bonchev–Trinajstić information content (AvgIpc) is 3.08. The van der Waals surface area contributed by atoms with Crippen LogP contribution < -0.4 is 9.64 Å². The summed E-state index contributed by atoms with van der Waals surface area (Å²) in [6.45, 7) is 0.934. The minimum Gasteiger partial charge on any atom is -0.504 e. The molecule has 2 fully saturated rings. The molecule has 2 aromatic carbocycles. The zero-order valence-corrected chi connectivity index (χ0v) is 17.0. The first-order valence-electron chi connectivity index (χ1n) is 10.7. The molecular weight excluding hydrogens is 364 g/mol. The number of benzene rings is 2. The van der Waals surface area contributed by atoms with Crippen LogP contribution in [-0.4, -0.2) is 59.5 Å². The van der Waals surface area contributed by atoms with Crippen LogP contribution in [0.25, 0.3) is 0 Å². The third-order valence-electron chi connectivity index (χ3n) is 8.36. The maximum Gasteiger partial charge on any atom is 0.165 e. The van der Waals surface area contributed by atoms with E-state index < -0.39 is 11.0 Å². The largest absolute Gasteiger partial charge is 0.504 e. The number of aliphatic hydroxyl groups is 1. The molecule has 1 spiro atoms. The average molecular weight is 392 g/mol. The van der Waals surface area contributed by atoms with Crippen LogP contribution in [0.5, 0.6) is 11.5 Å². The second-order valence-electron chi connectivity index (χ2n) is 9.39. The van der Waals surface area contributed by atoms with E-state index in [1.807, 2.05) is 12.1 Å². The fraction of sp³-hybridized carbons (Fsp3) is 0.500. The van der Waals surface area contributed by atoms with E-state index in [2.05, 4.69) is 48.2 Å². The van der Waals surface area contributed by atoms with Gasteiger partial charge in [-0.15, -0.1) is 0 Å². The van der Waals surface area contributed by atoms with Crippen molar-refractivity contribution in [2.75, 3.05) is 25.5 Å². The van der Waals surface area contributed by atoms with E-state index in [9.17, 15) is 10.2 Å². The number of phenolic OH excluding ortho intramolecular Hbond substituents is 1. The lowest BCUT2D eigenvalue weighted by atomic mass is 9.48. The van der Waals surface area contributed by atoms with Crippen molar-refractivity contribution in [3.05, 3.63) is 53.6 Å². The second kappa shape index (κ2) is 5.67. The molecule has 29 heavy (non-hydrogen) atoms. The van der Waals surface area contributed by atoms with Crippen LogP contribution in [0.1, 0.15) is 30.4 Å². The van der Waals surface area contributed by atoms with Crippen LogP contribution in [0.4, 0.5) is 5.69 Å². The van der Waals surface area contributed by atoms with Crippen molar-refractivity contribution in [1.82, 2.24) is 4.90 Å². The van der Waals surface area contributed by atoms with E-state index in [0.717, 1.165) is 43.5 Å². The van der Waals surface area contributed by atoms with Gasteiger partial charge in [-0.2, -0.15) is 0 Å². The van der Waals surface area contributed by atoms with Crippen molar-refractivity contribution >= 4 is 5.69 Å². The topological polar surface area (TPSA) is 56.2 Å². The summed E-state index contributed by atoms with van der Waals surface area (Å²) in [5.41, 5.74) is 2.18. The molecule has 2 N–H and O–H groups in total. The number of likely N-dealkylation sites (N-methyl/N-ethyl adjacent to an activating group) is 2. The Balaban J connectivity index is 1.54. The Kier molecular flexibility index (Phi) is 3.44. The van der Waals surface area contributed by atoms with E-state index in [0.29, 0.717) is 5.75 Å². The maximum absolute atomic E-state index is 12.2. The number of ether oxygens (including phenoxy) is 1. The Morgan fingerprint density at radius 1 is 1.14 bits per heavy atom. The molecule has 2 aliphatic carbocycles. The lowest BCUT2D eigenvalue weighted by molar-refractivity contribution is -0.184. The number of para-hydroxylation sites is 1. The molecule has 2 bridgehead atoms. The molecule has 1 saturated carbocycles. The van der Waals surface area contributed by atoms with Crippen LogP contribution in [0.15, 0.2) is 42.5 Å². The number of hydrogen-bond acceptors (Lipinski definition) is 5. The van der Waals surface area contributed by atoms with Crippen molar-refractivity contribution in [3.8, 4) is 11.5 Å². The predicted octanol–water partition coefficient (Wildman–Crippen LogP) is 2.68. The fourth-order valence-electron chi connectivity index (χ4n) is 6.98. The van der Waals surface area contributed by atoms with Crippen molar-refractivity contribution in [3.63, 3.8) is 0 Å². The minimum absolute atomic E-state index is 0.0910. The fourth-order valence-corrected chi connectivity index (χ4v) is 6.98. The third-order valence-corrected chi connectivity index (χ3v) is 8.36. The molecule has 1 saturated heterocycles. The van der Waals surface area contributed by atoms with Gasteiger partial charge in [-0.25, -0.2) is 0 Å². The van der Waals surface area contributed by atoms with Crippen molar-refractivity contribution in [2.24, 2.45) is 0 Å². The summed E-state index contributed by atoms with van der Waals surface area (Å²) in [7, 11) is 4.26. The van der Waals surface area contributed by atoms with Gasteiger partial charge in [0.1, 0.15) is 6.10 Å². The molecule has 2 aliphatic heterocycles. The first kappa shape index (κ1) is 17.6. The Bertz CT molecular complexity index is 980. The first-order chi connectivity index (χ1) is 14.0. The Morgan fingerprint density at radius 2 is 1.93 bits per heavy atom. The molecule has 152 valence electrons. The molecule has 4 aliphatic rings. The normalized spacial score (nSPS) is 37.0. The molecule has 2 aromatic rings. The molecule has 2 heterocycles. The lowest BCUT2D eigenvalue weighted by Crippen LogP contribution is -2.77. The zero-order chi connectivity index (χ0) is 20.0. The summed E-state index contributed by atoms with van der Waals surface area (Å²) in [4.78, 5) is 4.64. The molecule has 6 rings (SSSR count). The summed E-state index contributed by atoms with van der Waals surface area (Å²) in [5, 5.41) is 22.9. The number of phenols is 1. The van der Waals surface area contributed by atoms with Crippen LogP contribution in [0.2, 0.25) is 0 Å². The van der Waals surface area contributed by atoms with E-state index in [1.165, 1.54) is 5.56 Å². The molecular formula is C24H28N2O3. The van der Waals surface area contributed by atoms with E-state index in [1.54, 1.807) is 6.07 Å². The highest BCUT2D eigenvalue weighted by molar-refractivity contribution is 5.63. The molecule has 0 radical (unpaired) electrons. The number of hydrogen-bond donors (Lipinski definition) is 2. The quantitative estimate of drug-likeness (QED) is 0.823. The summed E-state index contributed by atoms with van der Waals surface area (Å²) in [6.07, 6.45) is 3.10. The van der Waals surface area contributed by atoms with Crippen LogP contribution in [0.3, 0.4) is 0 Å². The summed E-state index contributed by atoms with van der Waals surface area (Å²) in [6, 6.07) is 14.4. The van der Waals surface area contributed by atoms with Crippen LogP contribution in [-0.2, 0) is 11.8 Å². The van der Waals surface area contributed by atoms with Gasteiger partial charge in [0.25, 0.3) is 0 Å². The van der Waals surface area contributed by atoms with Crippen LogP contribution in [0, 0.1) is 0 Å². The second-order valence-corrected chi connectivity index (χ2v) is 9.39. The monoisotopic (exact) mass is 392 g/mol. The Hall–Kier alpha value is -2.24. The molecule has 0 amide bonds. The van der Waals surface area contributed by atoms with Gasteiger partial charge >= 0.3 is 0 Å². The van der Waals surface area contributed by atoms with Gasteiger partial charge in [0, 0.05) is 24.3 Å². The summed E-state index contributed by atoms with van der Waals surface area (Å²) in [5.74, 6) is 0.815. The number of nitrogens with zero attached hydrogens (tertiary/aromatic N) is 2. The Labute approximate surface area is 171 Å². The van der Waals surface area contributed by atoms with Gasteiger partial charge in [-0.1, -0.05) is 24.3 Å². The summed E-state index contributed by atoms with van der Waals surface area (Å²) < 4.78 is 6.59. The highest BCUT2D eigenvalue weighted by Gasteiger charge is 2.73. The van der Waals surface area contributed by atoms with Crippen molar-refractivity contribution in [2.45, 2.75) is 54.9 Å². The van der Waals surface area contributed by atoms with Crippen molar-refractivity contribution in [1.29, 1.82) is 0 Å². The van der Waals surface area contributed by atoms with Gasteiger partial charge in [-0.3, -0.25) is 0 Å². The lowest BCUT2D eigenvalue weighted by Gasteiger charge is -2.64. The molecule has 5 atom stereocenters. The van der Waals surface area contributed by atoms with E-state index in [4.69, 9.17) is 4.74 Å². The Morgan fingerprint density at radius 3 is 2.72 bits per heavy atom. The van der Waals surface area contributed by atoms with Crippen molar-refractivity contribution < 1.29 is 14.9 Å². The maximum atomic E-state index is 12.2. The van der Waals surface area contributed by atoms with Crippen LogP contribution >= 0.6 is 0 Å². The van der Waals surface area contributed by atoms with Gasteiger partial charge < -0.3 is 24.7 Å². The highest BCUT2D eigenvalue weighted by Crippen LogP contribution is 2.65. The number of likely N-dealkylation sites (tertiary alicyclic amines) is 1. The zero-order valence-electron chi connectivity index (χ0n) is 17.0. The SMILES string of the molecule is CN(c1ccccc1)C1CC[C@@]2(O)[C@H]3Cc4ccc(O)c5c4[C@@]2(CCN3C)[C@H]1O5. The van der Waals surface area contributed by atoms with Gasteiger partial charge in [0.15, 0.2) is 11.5 Å². The van der Waals surface area contributed by atoms with Gasteiger partial charge in [0.05, 0.1) is 17.1 Å². The third kappa shape index (κ3) is 1.98. The molecule has 1 unspecified atom stereocenters. The number of aromatic hydroxyl groups is 1. The first-order valence-corrected chi connectivity index (χ1v) is 10.7. The predicted molar refractivity (Wildman–Crippen MR) is 112 cm³/mol. The molecule has 0 aromatic heterocycles. The molecule has 5 heteroatoms.